The number of hydrogen-bond acceptors (Lipinski definition) is 3. The number of aryl methyl sites for hydroxylation is 3. The van der Waals surface area contributed by atoms with Crippen LogP contribution in [0.5, 0.6) is 0 Å². The number of hydrogen-bond donors (Lipinski definition) is 1. The first-order valence-corrected chi connectivity index (χ1v) is 8.37. The van der Waals surface area contributed by atoms with Crippen LogP contribution in [0.1, 0.15) is 44.7 Å². The summed E-state index contributed by atoms with van der Waals surface area (Å²) in [7, 11) is 0. The van der Waals surface area contributed by atoms with Gasteiger partial charge in [-0.2, -0.15) is 0 Å². The van der Waals surface area contributed by atoms with Gasteiger partial charge in [0.25, 0.3) is 5.91 Å². The quantitative estimate of drug-likeness (QED) is 0.772. The van der Waals surface area contributed by atoms with Crippen molar-refractivity contribution in [2.24, 2.45) is 0 Å². The van der Waals surface area contributed by atoms with E-state index in [1.807, 2.05) is 52.0 Å². The lowest BCUT2D eigenvalue weighted by molar-refractivity contribution is 0.0946. The van der Waals surface area contributed by atoms with Gasteiger partial charge in [-0.15, -0.1) is 0 Å². The van der Waals surface area contributed by atoms with Crippen molar-refractivity contribution in [1.29, 1.82) is 0 Å². The Balaban J connectivity index is 1.73. The highest BCUT2D eigenvalue weighted by Gasteiger charge is 2.16. The Kier molecular flexibility index (Phi) is 4.74. The molecule has 0 spiro atoms. The van der Waals surface area contributed by atoms with E-state index in [-0.39, 0.29) is 12.5 Å². The van der Waals surface area contributed by atoms with Crippen LogP contribution in [0.4, 0.5) is 0 Å². The molecule has 3 rings (SSSR count). The van der Waals surface area contributed by atoms with Crippen LogP contribution in [0.2, 0.25) is 0 Å². The van der Waals surface area contributed by atoms with Crippen molar-refractivity contribution in [2.45, 2.75) is 40.8 Å². The molecule has 0 aliphatic rings. The normalized spacial score (nSPS) is 10.9. The molecule has 2 aromatic heterocycles. The summed E-state index contributed by atoms with van der Waals surface area (Å²) < 4.78 is 7.66. The van der Waals surface area contributed by atoms with E-state index >= 15 is 0 Å². The molecule has 0 fully saturated rings. The highest BCUT2D eigenvalue weighted by molar-refractivity contribution is 5.95. The number of benzene rings is 1. The minimum Gasteiger partial charge on any atom is -0.444 e. The van der Waals surface area contributed by atoms with Gasteiger partial charge in [0.1, 0.15) is 5.76 Å². The van der Waals surface area contributed by atoms with Crippen LogP contribution < -0.4 is 5.32 Å². The highest BCUT2D eigenvalue weighted by Crippen LogP contribution is 2.17. The molecule has 0 aliphatic carbocycles. The molecule has 0 radical (unpaired) electrons. The van der Waals surface area contributed by atoms with Crippen LogP contribution in [0, 0.1) is 27.7 Å². The lowest BCUT2D eigenvalue weighted by Gasteiger charge is -2.10. The van der Waals surface area contributed by atoms with Crippen molar-refractivity contribution < 1.29 is 9.21 Å². The van der Waals surface area contributed by atoms with Crippen LogP contribution in [0.3, 0.4) is 0 Å². The summed E-state index contributed by atoms with van der Waals surface area (Å²) in [4.78, 5) is 16.8. The Labute approximate surface area is 147 Å². The lowest BCUT2D eigenvalue weighted by atomic mass is 10.2. The van der Waals surface area contributed by atoms with Crippen molar-refractivity contribution in [1.82, 2.24) is 14.9 Å². The molecule has 2 heterocycles. The average Bonchev–Trinajstić information content (AvgIpc) is 3.07. The second kappa shape index (κ2) is 6.97. The molecule has 0 bridgehead atoms. The average molecular weight is 337 g/mol. The topological polar surface area (TPSA) is 60.1 Å². The van der Waals surface area contributed by atoms with E-state index in [2.05, 4.69) is 27.0 Å². The molecular weight excluding hydrogens is 314 g/mol. The molecule has 25 heavy (non-hydrogen) atoms. The standard InChI is InChI=1S/C20H23N3O2/c1-13-10-18(15(3)23(13)12-17-8-6-5-7-9-17)20(24)21-11-19-22-14(2)16(4)25-19/h5-10H,11-12H2,1-4H3,(H,21,24). The molecule has 3 aromatic rings. The van der Waals surface area contributed by atoms with Crippen molar-refractivity contribution in [3.8, 4) is 0 Å². The molecule has 1 N–H and O–H groups in total. The van der Waals surface area contributed by atoms with Crippen molar-refractivity contribution in [2.75, 3.05) is 0 Å². The fourth-order valence-corrected chi connectivity index (χ4v) is 2.91. The van der Waals surface area contributed by atoms with Gasteiger partial charge in [0.15, 0.2) is 0 Å². The number of rotatable bonds is 5. The van der Waals surface area contributed by atoms with Crippen molar-refractivity contribution in [3.63, 3.8) is 0 Å². The summed E-state index contributed by atoms with van der Waals surface area (Å²) in [5.74, 6) is 1.20. The summed E-state index contributed by atoms with van der Waals surface area (Å²) in [6.45, 7) is 8.80. The van der Waals surface area contributed by atoms with E-state index in [0.29, 0.717) is 11.5 Å². The monoisotopic (exact) mass is 337 g/mol. The highest BCUT2D eigenvalue weighted by atomic mass is 16.4. The molecule has 0 unspecified atom stereocenters. The molecule has 5 heteroatoms. The Morgan fingerprint density at radius 2 is 1.88 bits per heavy atom. The molecule has 1 amide bonds. The first kappa shape index (κ1) is 17.0. The molecule has 0 saturated heterocycles. The van der Waals surface area contributed by atoms with Gasteiger partial charge in [-0.1, -0.05) is 30.3 Å². The molecule has 5 nitrogen and oxygen atoms in total. The number of carbonyl (C=O) groups excluding carboxylic acids is 1. The third-order valence-electron chi connectivity index (χ3n) is 4.47. The molecule has 0 saturated carbocycles. The number of carbonyl (C=O) groups is 1. The maximum absolute atomic E-state index is 12.6. The summed E-state index contributed by atoms with van der Waals surface area (Å²) in [5.41, 5.74) is 4.77. The first-order valence-electron chi connectivity index (χ1n) is 8.37. The number of oxazole rings is 1. The predicted molar refractivity (Wildman–Crippen MR) is 96.6 cm³/mol. The molecule has 0 aliphatic heterocycles. The zero-order valence-electron chi connectivity index (χ0n) is 15.1. The summed E-state index contributed by atoms with van der Waals surface area (Å²) in [5, 5.41) is 2.89. The number of nitrogens with one attached hydrogen (secondary N) is 1. The van der Waals surface area contributed by atoms with Gasteiger partial charge in [-0.25, -0.2) is 4.98 Å². The lowest BCUT2D eigenvalue weighted by Crippen LogP contribution is -2.23. The minimum absolute atomic E-state index is 0.110. The van der Waals surface area contributed by atoms with Crippen LogP contribution >= 0.6 is 0 Å². The van der Waals surface area contributed by atoms with Gasteiger partial charge in [-0.05, 0) is 39.3 Å². The number of amides is 1. The zero-order valence-corrected chi connectivity index (χ0v) is 15.1. The zero-order chi connectivity index (χ0) is 18.0. The molecule has 130 valence electrons. The summed E-state index contributed by atoms with van der Waals surface area (Å²) >= 11 is 0. The summed E-state index contributed by atoms with van der Waals surface area (Å²) in [6.07, 6.45) is 0. The fourth-order valence-electron chi connectivity index (χ4n) is 2.91. The van der Waals surface area contributed by atoms with Crippen LogP contribution in [-0.2, 0) is 13.1 Å². The largest absolute Gasteiger partial charge is 0.444 e. The SMILES string of the molecule is Cc1nc(CNC(=O)c2cc(C)n(Cc3ccccc3)c2C)oc1C. The smallest absolute Gasteiger partial charge is 0.253 e. The van der Waals surface area contributed by atoms with Gasteiger partial charge >= 0.3 is 0 Å². The van der Waals surface area contributed by atoms with Gasteiger partial charge in [-0.3, -0.25) is 4.79 Å². The summed E-state index contributed by atoms with van der Waals surface area (Å²) in [6, 6.07) is 12.2. The van der Waals surface area contributed by atoms with E-state index in [9.17, 15) is 4.79 Å². The second-order valence-electron chi connectivity index (χ2n) is 6.29. The van der Waals surface area contributed by atoms with Gasteiger partial charge in [0.05, 0.1) is 17.8 Å². The Hall–Kier alpha value is -2.82. The maximum atomic E-state index is 12.6. The Bertz CT molecular complexity index is 872. The van der Waals surface area contributed by atoms with Gasteiger partial charge in [0.2, 0.25) is 5.89 Å². The van der Waals surface area contributed by atoms with Crippen LogP contribution in [0.25, 0.3) is 0 Å². The van der Waals surface area contributed by atoms with Crippen molar-refractivity contribution >= 4 is 5.91 Å². The first-order chi connectivity index (χ1) is 12.0. The van der Waals surface area contributed by atoms with Gasteiger partial charge in [0, 0.05) is 17.9 Å². The number of nitrogens with zero attached hydrogens (tertiary/aromatic N) is 2. The fraction of sp³-hybridized carbons (Fsp3) is 0.300. The van der Waals surface area contributed by atoms with Gasteiger partial charge < -0.3 is 14.3 Å². The van der Waals surface area contributed by atoms with E-state index < -0.39 is 0 Å². The second-order valence-corrected chi connectivity index (χ2v) is 6.29. The van der Waals surface area contributed by atoms with Crippen molar-refractivity contribution in [3.05, 3.63) is 76.3 Å². The third kappa shape index (κ3) is 3.65. The van der Waals surface area contributed by atoms with E-state index in [4.69, 9.17) is 4.42 Å². The van der Waals surface area contributed by atoms with E-state index in [1.165, 1.54) is 5.56 Å². The predicted octanol–water partition coefficient (Wildman–Crippen LogP) is 3.69. The van der Waals surface area contributed by atoms with Crippen LogP contribution in [-0.4, -0.2) is 15.5 Å². The minimum atomic E-state index is -0.110. The van der Waals surface area contributed by atoms with Crippen LogP contribution in [0.15, 0.2) is 40.8 Å². The molecule has 0 atom stereocenters. The third-order valence-corrected chi connectivity index (χ3v) is 4.47. The Morgan fingerprint density at radius 3 is 2.52 bits per heavy atom. The number of aromatic nitrogens is 2. The molecular formula is C20H23N3O2. The van der Waals surface area contributed by atoms with E-state index in [1.54, 1.807) is 0 Å². The Morgan fingerprint density at radius 1 is 1.16 bits per heavy atom. The maximum Gasteiger partial charge on any atom is 0.253 e. The van der Waals surface area contributed by atoms with E-state index in [0.717, 1.165) is 29.4 Å². The molecule has 1 aromatic carbocycles.